The van der Waals surface area contributed by atoms with Crippen molar-refractivity contribution in [3.8, 4) is 0 Å². The van der Waals surface area contributed by atoms with E-state index in [0.717, 1.165) is 30.8 Å². The Morgan fingerprint density at radius 3 is 2.64 bits per heavy atom. The molecular weight excluding hydrogens is 278 g/mol. The van der Waals surface area contributed by atoms with Crippen molar-refractivity contribution in [3.63, 3.8) is 0 Å². The number of nitrogens with zero attached hydrogens (tertiary/aromatic N) is 1. The lowest BCUT2D eigenvalue weighted by molar-refractivity contribution is -0.126. The van der Waals surface area contributed by atoms with Crippen LogP contribution in [0.3, 0.4) is 0 Å². The molecule has 0 saturated carbocycles. The number of amides is 2. The van der Waals surface area contributed by atoms with Crippen LogP contribution in [0.4, 0.5) is 5.69 Å². The van der Waals surface area contributed by atoms with Crippen molar-refractivity contribution in [1.29, 1.82) is 0 Å². The Labute approximate surface area is 132 Å². The first-order valence-electron chi connectivity index (χ1n) is 7.97. The molecule has 0 aromatic heterocycles. The molecule has 2 rings (SSSR count). The van der Waals surface area contributed by atoms with E-state index in [9.17, 15) is 9.59 Å². The van der Waals surface area contributed by atoms with Crippen LogP contribution in [0.25, 0.3) is 0 Å². The topological polar surface area (TPSA) is 61.4 Å². The third-order valence-corrected chi connectivity index (χ3v) is 3.87. The number of carbonyl (C=O) groups is 2. The van der Waals surface area contributed by atoms with Gasteiger partial charge in [-0.05, 0) is 32.0 Å². The highest BCUT2D eigenvalue weighted by molar-refractivity contribution is 6.00. The van der Waals surface area contributed by atoms with Gasteiger partial charge in [-0.1, -0.05) is 24.6 Å². The number of hydrogen-bond acceptors (Lipinski definition) is 3. The lowest BCUT2D eigenvalue weighted by atomic mass is 10.1. The minimum atomic E-state index is -0.250. The van der Waals surface area contributed by atoms with Gasteiger partial charge in [0.2, 0.25) is 11.8 Å². The summed E-state index contributed by atoms with van der Waals surface area (Å²) in [6.45, 7) is 6.92. The molecule has 22 heavy (non-hydrogen) atoms. The summed E-state index contributed by atoms with van der Waals surface area (Å²) in [5.41, 5.74) is 2.03. The minimum absolute atomic E-state index is 0.0214. The number of rotatable bonds is 7. The fourth-order valence-corrected chi connectivity index (χ4v) is 2.58. The molecule has 5 nitrogen and oxygen atoms in total. The van der Waals surface area contributed by atoms with Crippen LogP contribution >= 0.6 is 0 Å². The Morgan fingerprint density at radius 2 is 1.95 bits per heavy atom. The van der Waals surface area contributed by atoms with Crippen molar-refractivity contribution in [1.82, 2.24) is 10.6 Å². The molecule has 0 spiro atoms. The van der Waals surface area contributed by atoms with Crippen LogP contribution < -0.4 is 15.5 Å². The van der Waals surface area contributed by atoms with Gasteiger partial charge in [-0.3, -0.25) is 9.59 Å². The number of hydrogen-bond donors (Lipinski definition) is 2. The van der Waals surface area contributed by atoms with E-state index in [1.807, 2.05) is 31.2 Å². The maximum atomic E-state index is 12.1. The Kier molecular flexibility index (Phi) is 5.95. The highest BCUT2D eigenvalue weighted by atomic mass is 16.2. The zero-order valence-electron chi connectivity index (χ0n) is 13.4. The molecule has 1 atom stereocenters. The molecule has 1 aliphatic heterocycles. The van der Waals surface area contributed by atoms with Gasteiger partial charge in [0.25, 0.3) is 0 Å². The number of aryl methyl sites for hydroxylation is 1. The van der Waals surface area contributed by atoms with Gasteiger partial charge in [-0.25, -0.2) is 0 Å². The molecule has 1 heterocycles. The second-order valence-electron chi connectivity index (χ2n) is 5.78. The number of nitrogens with one attached hydrogen (secondary N) is 2. The quantitative estimate of drug-likeness (QED) is 0.750. The van der Waals surface area contributed by atoms with E-state index in [0.29, 0.717) is 19.5 Å². The van der Waals surface area contributed by atoms with E-state index in [2.05, 4.69) is 17.6 Å². The van der Waals surface area contributed by atoms with Crippen LogP contribution in [0, 0.1) is 12.8 Å². The van der Waals surface area contributed by atoms with Crippen LogP contribution in [0.5, 0.6) is 0 Å². The molecule has 120 valence electrons. The molecule has 0 aliphatic carbocycles. The van der Waals surface area contributed by atoms with E-state index in [4.69, 9.17) is 0 Å². The Hall–Kier alpha value is -1.88. The first-order chi connectivity index (χ1) is 10.6. The van der Waals surface area contributed by atoms with E-state index in [1.165, 1.54) is 0 Å². The van der Waals surface area contributed by atoms with Gasteiger partial charge in [0.15, 0.2) is 0 Å². The molecule has 1 aromatic rings. The van der Waals surface area contributed by atoms with Gasteiger partial charge in [0.05, 0.1) is 5.92 Å². The van der Waals surface area contributed by atoms with Crippen molar-refractivity contribution in [2.24, 2.45) is 5.92 Å². The lowest BCUT2D eigenvalue weighted by Crippen LogP contribution is -2.37. The third kappa shape index (κ3) is 4.31. The minimum Gasteiger partial charge on any atom is -0.355 e. The van der Waals surface area contributed by atoms with Gasteiger partial charge in [-0.2, -0.15) is 0 Å². The molecule has 2 N–H and O–H groups in total. The van der Waals surface area contributed by atoms with Gasteiger partial charge in [-0.15, -0.1) is 0 Å². The first kappa shape index (κ1) is 16.5. The fraction of sp³-hybridized carbons (Fsp3) is 0.529. The second-order valence-corrected chi connectivity index (χ2v) is 5.78. The van der Waals surface area contributed by atoms with Crippen LogP contribution in [0.15, 0.2) is 24.3 Å². The van der Waals surface area contributed by atoms with Crippen molar-refractivity contribution in [2.75, 3.05) is 31.1 Å². The van der Waals surface area contributed by atoms with Crippen LogP contribution in [0.2, 0.25) is 0 Å². The molecule has 1 saturated heterocycles. The summed E-state index contributed by atoms with van der Waals surface area (Å²) < 4.78 is 0. The van der Waals surface area contributed by atoms with Gasteiger partial charge < -0.3 is 15.5 Å². The summed E-state index contributed by atoms with van der Waals surface area (Å²) in [4.78, 5) is 26.0. The zero-order chi connectivity index (χ0) is 15.9. The summed E-state index contributed by atoms with van der Waals surface area (Å²) in [6, 6.07) is 7.83. The summed E-state index contributed by atoms with van der Waals surface area (Å²) in [5.74, 6) is -0.255. The highest BCUT2D eigenvalue weighted by Crippen LogP contribution is 2.25. The number of benzene rings is 1. The standard InChI is InChI=1S/C17H25N3O2/c1-3-8-18-9-10-19-17(22)14-11-16(21)20(12-14)15-6-4-13(2)5-7-15/h4-7,14,18H,3,8-12H2,1-2H3,(H,19,22). The normalized spacial score (nSPS) is 17.8. The predicted octanol–water partition coefficient (Wildman–Crippen LogP) is 1.46. The second kappa shape index (κ2) is 7.94. The third-order valence-electron chi connectivity index (χ3n) is 3.87. The molecule has 5 heteroatoms. The summed E-state index contributed by atoms with van der Waals surface area (Å²) >= 11 is 0. The molecule has 0 bridgehead atoms. The van der Waals surface area contributed by atoms with Crippen LogP contribution in [-0.4, -0.2) is 38.0 Å². The van der Waals surface area contributed by atoms with Crippen LogP contribution in [-0.2, 0) is 9.59 Å². The molecular formula is C17H25N3O2. The van der Waals surface area contributed by atoms with Crippen molar-refractivity contribution in [3.05, 3.63) is 29.8 Å². The monoisotopic (exact) mass is 303 g/mol. The largest absolute Gasteiger partial charge is 0.355 e. The van der Waals surface area contributed by atoms with Crippen molar-refractivity contribution < 1.29 is 9.59 Å². The SMILES string of the molecule is CCCNCCNC(=O)C1CC(=O)N(c2ccc(C)cc2)C1. The molecule has 1 aromatic carbocycles. The molecule has 1 fully saturated rings. The Balaban J connectivity index is 1.83. The fourth-order valence-electron chi connectivity index (χ4n) is 2.58. The van der Waals surface area contributed by atoms with E-state index >= 15 is 0 Å². The average molecular weight is 303 g/mol. The average Bonchev–Trinajstić information content (AvgIpc) is 2.90. The van der Waals surface area contributed by atoms with E-state index in [1.54, 1.807) is 4.90 Å². The Bertz CT molecular complexity index is 513. The number of anilines is 1. The van der Waals surface area contributed by atoms with Crippen LogP contribution in [0.1, 0.15) is 25.3 Å². The van der Waals surface area contributed by atoms with Gasteiger partial charge in [0.1, 0.15) is 0 Å². The highest BCUT2D eigenvalue weighted by Gasteiger charge is 2.34. The van der Waals surface area contributed by atoms with E-state index < -0.39 is 0 Å². The van der Waals surface area contributed by atoms with Crippen molar-refractivity contribution >= 4 is 17.5 Å². The maximum absolute atomic E-state index is 12.1. The summed E-state index contributed by atoms with van der Waals surface area (Å²) in [7, 11) is 0. The predicted molar refractivity (Wildman–Crippen MR) is 87.8 cm³/mol. The Morgan fingerprint density at radius 1 is 1.23 bits per heavy atom. The summed E-state index contributed by atoms with van der Waals surface area (Å²) in [5, 5.41) is 6.14. The van der Waals surface area contributed by atoms with Crippen molar-refractivity contribution in [2.45, 2.75) is 26.7 Å². The molecule has 1 aliphatic rings. The smallest absolute Gasteiger partial charge is 0.227 e. The summed E-state index contributed by atoms with van der Waals surface area (Å²) in [6.07, 6.45) is 1.37. The molecule has 0 radical (unpaired) electrons. The molecule has 1 unspecified atom stereocenters. The number of carbonyl (C=O) groups excluding carboxylic acids is 2. The maximum Gasteiger partial charge on any atom is 0.227 e. The lowest BCUT2D eigenvalue weighted by Gasteiger charge is -2.17. The first-order valence-corrected chi connectivity index (χ1v) is 7.97. The molecule has 2 amide bonds. The van der Waals surface area contributed by atoms with Gasteiger partial charge >= 0.3 is 0 Å². The van der Waals surface area contributed by atoms with Gasteiger partial charge in [0, 0.05) is 31.7 Å². The van der Waals surface area contributed by atoms with E-state index in [-0.39, 0.29) is 17.7 Å². The zero-order valence-corrected chi connectivity index (χ0v) is 13.4.